The smallest absolute Gasteiger partial charge is 0.225 e. The summed E-state index contributed by atoms with van der Waals surface area (Å²) in [7, 11) is 0. The molecule has 142 valence electrons. The lowest BCUT2D eigenvalue weighted by Crippen LogP contribution is -2.16. The fraction of sp³-hybridized carbons (Fsp3) is 0.148. The number of carbonyl (C=O) groups is 1. The van der Waals surface area contributed by atoms with Crippen molar-refractivity contribution in [1.29, 1.82) is 0 Å². The first-order chi connectivity index (χ1) is 14.3. The number of hydrogen-bond donors (Lipinski definition) is 1. The van der Waals surface area contributed by atoms with Gasteiger partial charge in [-0.25, -0.2) is 0 Å². The van der Waals surface area contributed by atoms with Crippen LogP contribution in [-0.4, -0.2) is 5.91 Å². The molecule has 0 saturated heterocycles. The molecule has 0 fully saturated rings. The Kier molecular flexibility index (Phi) is 4.61. The fourth-order valence-electron chi connectivity index (χ4n) is 4.54. The highest BCUT2D eigenvalue weighted by atomic mass is 16.1. The maximum Gasteiger partial charge on any atom is 0.225 e. The first-order valence-electron chi connectivity index (χ1n) is 10.2. The fourth-order valence-corrected chi connectivity index (χ4v) is 4.54. The third-order valence-electron chi connectivity index (χ3n) is 5.94. The van der Waals surface area contributed by atoms with E-state index in [1.807, 2.05) is 36.4 Å². The van der Waals surface area contributed by atoms with E-state index in [1.165, 1.54) is 16.5 Å². The molecular weight excluding hydrogens is 354 g/mol. The van der Waals surface area contributed by atoms with E-state index >= 15 is 0 Å². The quantitative estimate of drug-likeness (QED) is 0.447. The molecule has 4 aromatic carbocycles. The van der Waals surface area contributed by atoms with Crippen molar-refractivity contribution in [2.45, 2.75) is 25.2 Å². The predicted molar refractivity (Wildman–Crippen MR) is 119 cm³/mol. The van der Waals surface area contributed by atoms with Crippen molar-refractivity contribution in [3.63, 3.8) is 0 Å². The van der Waals surface area contributed by atoms with Gasteiger partial charge < -0.3 is 5.32 Å². The summed E-state index contributed by atoms with van der Waals surface area (Å²) in [6.07, 6.45) is 2.60. The molecule has 0 saturated carbocycles. The topological polar surface area (TPSA) is 29.1 Å². The Hall–Kier alpha value is -3.39. The zero-order valence-electron chi connectivity index (χ0n) is 16.3. The van der Waals surface area contributed by atoms with Crippen LogP contribution >= 0.6 is 0 Å². The van der Waals surface area contributed by atoms with Crippen LogP contribution in [0.3, 0.4) is 0 Å². The molecule has 1 N–H and O–H groups in total. The number of carbonyl (C=O) groups excluding carboxylic acids is 1. The van der Waals surface area contributed by atoms with Gasteiger partial charge in [0.15, 0.2) is 0 Å². The Balaban J connectivity index is 1.44. The van der Waals surface area contributed by atoms with Crippen LogP contribution in [0.15, 0.2) is 91.0 Å². The van der Waals surface area contributed by atoms with Crippen LogP contribution in [0.4, 0.5) is 5.69 Å². The van der Waals surface area contributed by atoms with E-state index in [-0.39, 0.29) is 11.8 Å². The Morgan fingerprint density at radius 1 is 0.724 bits per heavy atom. The van der Waals surface area contributed by atoms with E-state index in [0.717, 1.165) is 35.0 Å². The van der Waals surface area contributed by atoms with E-state index < -0.39 is 0 Å². The van der Waals surface area contributed by atoms with Crippen molar-refractivity contribution in [2.24, 2.45) is 0 Å². The Bertz CT molecular complexity index is 1120. The first-order valence-corrected chi connectivity index (χ1v) is 10.2. The van der Waals surface area contributed by atoms with Crippen LogP contribution in [0.25, 0.3) is 10.8 Å². The second kappa shape index (κ2) is 7.56. The van der Waals surface area contributed by atoms with Crippen LogP contribution in [0.1, 0.15) is 34.6 Å². The average molecular weight is 377 g/mol. The van der Waals surface area contributed by atoms with Crippen LogP contribution in [-0.2, 0) is 17.6 Å². The van der Waals surface area contributed by atoms with Crippen LogP contribution < -0.4 is 5.32 Å². The van der Waals surface area contributed by atoms with Gasteiger partial charge in [-0.1, -0.05) is 84.9 Å². The molecule has 0 atom stereocenters. The molecule has 1 aliphatic rings. The molecule has 0 spiro atoms. The molecular formula is C27H23NO. The summed E-state index contributed by atoms with van der Waals surface area (Å²) in [5.41, 5.74) is 6.01. The van der Waals surface area contributed by atoms with E-state index in [4.69, 9.17) is 0 Å². The zero-order chi connectivity index (χ0) is 19.6. The van der Waals surface area contributed by atoms with Gasteiger partial charge in [-0.3, -0.25) is 4.79 Å². The summed E-state index contributed by atoms with van der Waals surface area (Å²) in [5.74, 6) is 0.0792. The second-order valence-electron chi connectivity index (χ2n) is 7.74. The molecule has 0 radical (unpaired) electrons. The van der Waals surface area contributed by atoms with Crippen LogP contribution in [0.2, 0.25) is 0 Å². The Morgan fingerprint density at radius 2 is 1.34 bits per heavy atom. The highest BCUT2D eigenvalue weighted by Gasteiger charge is 2.20. The van der Waals surface area contributed by atoms with Crippen molar-refractivity contribution in [3.8, 4) is 0 Å². The van der Waals surface area contributed by atoms with Crippen molar-refractivity contribution >= 4 is 22.4 Å². The lowest BCUT2D eigenvalue weighted by molar-refractivity contribution is -0.116. The molecule has 5 rings (SSSR count). The lowest BCUT2D eigenvalue weighted by Gasteiger charge is -2.18. The molecule has 1 aliphatic carbocycles. The summed E-state index contributed by atoms with van der Waals surface area (Å²) in [6, 6.07) is 31.2. The number of amides is 1. The lowest BCUT2D eigenvalue weighted by atomic mass is 9.88. The maximum atomic E-state index is 13.1. The maximum absolute atomic E-state index is 13.1. The molecule has 0 bridgehead atoms. The molecule has 2 heteroatoms. The van der Waals surface area contributed by atoms with Crippen molar-refractivity contribution in [3.05, 3.63) is 113 Å². The minimum absolute atomic E-state index is 0.0363. The first kappa shape index (κ1) is 17.7. The normalized spacial score (nSPS) is 12.4. The third-order valence-corrected chi connectivity index (χ3v) is 5.94. The van der Waals surface area contributed by atoms with Crippen molar-refractivity contribution in [1.82, 2.24) is 0 Å². The number of rotatable bonds is 5. The summed E-state index contributed by atoms with van der Waals surface area (Å²) in [5, 5.41) is 5.68. The highest BCUT2D eigenvalue weighted by molar-refractivity contribution is 6.05. The molecule has 1 amide bonds. The van der Waals surface area contributed by atoms with Crippen molar-refractivity contribution in [2.75, 3.05) is 5.32 Å². The van der Waals surface area contributed by atoms with Gasteiger partial charge in [0.2, 0.25) is 5.91 Å². The van der Waals surface area contributed by atoms with Crippen LogP contribution in [0.5, 0.6) is 0 Å². The standard InChI is InChI=1S/C27H23NO/c29-26(18-24(19-8-3-1-4-9-19)20-10-5-2-6-11-20)28-25-17-16-22-15-14-21-12-7-13-23(25)27(21)22/h1-13,16-17,24H,14-15,18H2,(H,28,29). The minimum atomic E-state index is 0.0363. The molecule has 0 unspecified atom stereocenters. The molecule has 2 nitrogen and oxygen atoms in total. The number of aryl methyl sites for hydroxylation is 2. The van der Waals surface area contributed by atoms with E-state index in [0.29, 0.717) is 6.42 Å². The molecule has 0 heterocycles. The van der Waals surface area contributed by atoms with Gasteiger partial charge in [0.05, 0.1) is 0 Å². The molecule has 29 heavy (non-hydrogen) atoms. The predicted octanol–water partition coefficient (Wildman–Crippen LogP) is 6.10. The van der Waals surface area contributed by atoms with Gasteiger partial charge >= 0.3 is 0 Å². The summed E-state index contributed by atoms with van der Waals surface area (Å²) in [4.78, 5) is 13.1. The molecule has 0 aromatic heterocycles. The minimum Gasteiger partial charge on any atom is -0.325 e. The van der Waals surface area contributed by atoms with E-state index in [2.05, 4.69) is 59.9 Å². The number of anilines is 1. The van der Waals surface area contributed by atoms with Gasteiger partial charge in [0.25, 0.3) is 0 Å². The Morgan fingerprint density at radius 3 is 2.00 bits per heavy atom. The zero-order valence-corrected chi connectivity index (χ0v) is 16.3. The second-order valence-corrected chi connectivity index (χ2v) is 7.74. The van der Waals surface area contributed by atoms with Gasteiger partial charge in [0.1, 0.15) is 0 Å². The van der Waals surface area contributed by atoms with Gasteiger partial charge in [-0.15, -0.1) is 0 Å². The van der Waals surface area contributed by atoms with Gasteiger partial charge in [0, 0.05) is 23.4 Å². The van der Waals surface area contributed by atoms with Gasteiger partial charge in [-0.2, -0.15) is 0 Å². The van der Waals surface area contributed by atoms with E-state index in [9.17, 15) is 4.79 Å². The van der Waals surface area contributed by atoms with Crippen LogP contribution in [0, 0.1) is 0 Å². The number of hydrogen-bond acceptors (Lipinski definition) is 1. The van der Waals surface area contributed by atoms with E-state index in [1.54, 1.807) is 0 Å². The number of nitrogens with one attached hydrogen (secondary N) is 1. The Labute approximate surface area is 171 Å². The molecule has 0 aliphatic heterocycles. The monoisotopic (exact) mass is 377 g/mol. The SMILES string of the molecule is O=C(CC(c1ccccc1)c1ccccc1)Nc1ccc2c3c(cccc13)CC2. The molecule has 4 aromatic rings. The number of benzene rings is 4. The largest absolute Gasteiger partial charge is 0.325 e. The summed E-state index contributed by atoms with van der Waals surface area (Å²) < 4.78 is 0. The average Bonchev–Trinajstić information content (AvgIpc) is 3.20. The summed E-state index contributed by atoms with van der Waals surface area (Å²) in [6.45, 7) is 0. The van der Waals surface area contributed by atoms with Crippen molar-refractivity contribution < 1.29 is 4.79 Å². The van der Waals surface area contributed by atoms with Gasteiger partial charge in [-0.05, 0) is 46.5 Å². The summed E-state index contributed by atoms with van der Waals surface area (Å²) >= 11 is 0. The third kappa shape index (κ3) is 3.42. The highest BCUT2D eigenvalue weighted by Crippen LogP contribution is 2.35.